The molecule has 35 heavy (non-hydrogen) atoms. The van der Waals surface area contributed by atoms with Gasteiger partial charge in [0.2, 0.25) is 11.7 Å². The molecular formula is C28H21NO5S. The van der Waals surface area contributed by atoms with Gasteiger partial charge >= 0.3 is 0 Å². The lowest BCUT2D eigenvalue weighted by Crippen LogP contribution is -2.06. The van der Waals surface area contributed by atoms with Gasteiger partial charge in [0.15, 0.2) is 6.26 Å². The number of carbonyl (C=O) groups is 2. The number of hydrogen-bond donors (Lipinski definition) is 1. The molecule has 0 saturated heterocycles. The molecule has 0 fully saturated rings. The summed E-state index contributed by atoms with van der Waals surface area (Å²) in [7, 11) is 0. The van der Waals surface area contributed by atoms with Crippen LogP contribution in [0.5, 0.6) is 11.6 Å². The SMILES string of the molecule is Cc1cc(C)c(C(=O)c2sc3cc(O)ccc3c2-c2ccc(-c3nc(OC=O)co3)cc2)c(C)c1. The van der Waals surface area contributed by atoms with Crippen molar-refractivity contribution in [2.24, 2.45) is 0 Å². The minimum absolute atomic E-state index is 0.0388. The number of phenolic OH excluding ortho intramolecular Hbond substituents is 1. The Morgan fingerprint density at radius 2 is 1.69 bits per heavy atom. The van der Waals surface area contributed by atoms with Crippen LogP contribution in [0.2, 0.25) is 0 Å². The molecule has 0 unspecified atom stereocenters. The maximum atomic E-state index is 13.9. The Kier molecular flexibility index (Phi) is 5.70. The number of aromatic hydroxyl groups is 1. The number of hydrogen-bond acceptors (Lipinski definition) is 7. The molecule has 0 amide bonds. The lowest BCUT2D eigenvalue weighted by Gasteiger charge is -2.11. The van der Waals surface area contributed by atoms with Crippen LogP contribution in [0.3, 0.4) is 0 Å². The van der Waals surface area contributed by atoms with Crippen LogP contribution in [0.25, 0.3) is 32.7 Å². The van der Waals surface area contributed by atoms with Crippen LogP contribution in [0.15, 0.2) is 65.3 Å². The Morgan fingerprint density at radius 3 is 2.37 bits per heavy atom. The fourth-order valence-corrected chi connectivity index (χ4v) is 5.66. The van der Waals surface area contributed by atoms with Gasteiger partial charge < -0.3 is 14.3 Å². The average Bonchev–Trinajstić information content (AvgIpc) is 3.43. The first kappa shape index (κ1) is 22.6. The van der Waals surface area contributed by atoms with Crippen LogP contribution in [-0.4, -0.2) is 22.3 Å². The van der Waals surface area contributed by atoms with E-state index < -0.39 is 0 Å². The number of carbonyl (C=O) groups excluding carboxylic acids is 2. The average molecular weight is 484 g/mol. The molecule has 0 aliphatic heterocycles. The van der Waals surface area contributed by atoms with E-state index in [9.17, 15) is 14.7 Å². The number of ether oxygens (including phenoxy) is 1. The number of oxazole rings is 1. The minimum atomic E-state index is -0.0388. The predicted octanol–water partition coefficient (Wildman–Crippen LogP) is 6.62. The highest BCUT2D eigenvalue weighted by molar-refractivity contribution is 7.21. The summed E-state index contributed by atoms with van der Waals surface area (Å²) in [5.74, 6) is 0.512. The Morgan fingerprint density at radius 1 is 1.00 bits per heavy atom. The largest absolute Gasteiger partial charge is 0.508 e. The van der Waals surface area contributed by atoms with Crippen LogP contribution in [0.1, 0.15) is 31.9 Å². The zero-order valence-corrected chi connectivity index (χ0v) is 20.1. The van der Waals surface area contributed by atoms with Crippen LogP contribution >= 0.6 is 11.3 Å². The van der Waals surface area contributed by atoms with E-state index in [0.717, 1.165) is 37.9 Å². The Labute approximate surface area is 205 Å². The summed E-state index contributed by atoms with van der Waals surface area (Å²) in [5.41, 5.74) is 6.06. The number of ketones is 1. The topological polar surface area (TPSA) is 89.6 Å². The second kappa shape index (κ2) is 8.85. The second-order valence-electron chi connectivity index (χ2n) is 8.37. The third-order valence-corrected chi connectivity index (χ3v) is 7.01. The van der Waals surface area contributed by atoms with E-state index in [2.05, 4.69) is 4.98 Å². The second-order valence-corrected chi connectivity index (χ2v) is 9.42. The molecular weight excluding hydrogens is 462 g/mol. The van der Waals surface area contributed by atoms with E-state index in [0.29, 0.717) is 28.4 Å². The van der Waals surface area contributed by atoms with Crippen molar-refractivity contribution >= 4 is 33.7 Å². The molecule has 6 nitrogen and oxygen atoms in total. The molecule has 5 aromatic rings. The molecule has 1 N–H and O–H groups in total. The third kappa shape index (κ3) is 4.11. The van der Waals surface area contributed by atoms with Gasteiger partial charge in [-0.15, -0.1) is 11.3 Å². The first-order chi connectivity index (χ1) is 16.9. The normalized spacial score (nSPS) is 11.1. The molecule has 2 heterocycles. The van der Waals surface area contributed by atoms with Gasteiger partial charge in [-0.05, 0) is 67.8 Å². The number of fused-ring (bicyclic) bond motifs is 1. The summed E-state index contributed by atoms with van der Waals surface area (Å²) >= 11 is 1.38. The highest BCUT2D eigenvalue weighted by Gasteiger charge is 2.24. The zero-order valence-electron chi connectivity index (χ0n) is 19.3. The third-order valence-electron chi connectivity index (χ3n) is 5.86. The van der Waals surface area contributed by atoms with E-state index >= 15 is 0 Å². The monoisotopic (exact) mass is 483 g/mol. The van der Waals surface area contributed by atoms with E-state index in [1.165, 1.54) is 17.6 Å². The van der Waals surface area contributed by atoms with E-state index in [-0.39, 0.29) is 17.4 Å². The Balaban J connectivity index is 1.64. The fourth-order valence-electron chi connectivity index (χ4n) is 4.46. The summed E-state index contributed by atoms with van der Waals surface area (Å²) in [6.07, 6.45) is 1.26. The van der Waals surface area contributed by atoms with Gasteiger partial charge in [-0.25, -0.2) is 0 Å². The van der Waals surface area contributed by atoms with E-state index in [1.54, 1.807) is 12.1 Å². The molecule has 174 valence electrons. The maximum Gasteiger partial charge on any atom is 0.299 e. The highest BCUT2D eigenvalue weighted by Crippen LogP contribution is 2.42. The lowest BCUT2D eigenvalue weighted by molar-refractivity contribution is -0.120. The van der Waals surface area contributed by atoms with Crippen LogP contribution in [-0.2, 0) is 4.79 Å². The molecule has 0 aliphatic carbocycles. The van der Waals surface area contributed by atoms with Crippen LogP contribution < -0.4 is 4.74 Å². The van der Waals surface area contributed by atoms with Gasteiger partial charge in [-0.2, -0.15) is 4.98 Å². The van der Waals surface area contributed by atoms with Crippen molar-refractivity contribution in [3.05, 3.63) is 88.0 Å². The number of phenols is 1. The number of nitrogens with zero attached hydrogens (tertiary/aromatic N) is 1. The summed E-state index contributed by atoms with van der Waals surface area (Å²) in [6, 6.07) is 16.7. The van der Waals surface area contributed by atoms with Gasteiger partial charge in [0.1, 0.15) is 5.75 Å². The summed E-state index contributed by atoms with van der Waals surface area (Å²) in [6.45, 7) is 6.23. The molecule has 0 aliphatic rings. The smallest absolute Gasteiger partial charge is 0.299 e. The Bertz CT molecular complexity index is 1570. The molecule has 7 heteroatoms. The van der Waals surface area contributed by atoms with Gasteiger partial charge in [0, 0.05) is 26.8 Å². The van der Waals surface area contributed by atoms with Crippen LogP contribution in [0, 0.1) is 20.8 Å². The number of thiophene rings is 1. The van der Waals surface area contributed by atoms with E-state index in [4.69, 9.17) is 9.15 Å². The molecule has 0 bridgehead atoms. The number of rotatable bonds is 6. The van der Waals surface area contributed by atoms with Crippen LogP contribution in [0.4, 0.5) is 0 Å². The quantitative estimate of drug-likeness (QED) is 0.216. The van der Waals surface area contributed by atoms with Crippen molar-refractivity contribution < 1.29 is 23.8 Å². The molecule has 0 spiro atoms. The molecule has 2 aromatic heterocycles. The van der Waals surface area contributed by atoms with Crippen molar-refractivity contribution in [1.29, 1.82) is 0 Å². The first-order valence-electron chi connectivity index (χ1n) is 10.9. The molecule has 0 radical (unpaired) electrons. The van der Waals surface area contributed by atoms with E-state index in [1.807, 2.05) is 63.2 Å². The standard InChI is InChI=1S/C28H21NO5S/c1-15-10-16(2)24(17(3)11-15)26(32)27-25(21-9-8-20(31)12-22(21)35-27)18-4-6-19(7-5-18)28-29-23(13-33-28)34-14-30/h4-14,31H,1-3H3. The Hall–Kier alpha value is -4.23. The minimum Gasteiger partial charge on any atom is -0.508 e. The first-order valence-corrected chi connectivity index (χ1v) is 11.7. The maximum absolute atomic E-state index is 13.9. The number of aryl methyl sites for hydroxylation is 3. The van der Waals surface area contributed by atoms with Crippen molar-refractivity contribution in [3.8, 4) is 34.2 Å². The molecule has 5 rings (SSSR count). The molecule has 0 saturated carbocycles. The van der Waals surface area contributed by atoms with Crippen molar-refractivity contribution in [1.82, 2.24) is 4.98 Å². The summed E-state index contributed by atoms with van der Waals surface area (Å²) < 4.78 is 10.9. The number of aromatic nitrogens is 1. The summed E-state index contributed by atoms with van der Waals surface area (Å²) in [5, 5.41) is 10.9. The van der Waals surface area contributed by atoms with Gasteiger partial charge in [-0.3, -0.25) is 9.59 Å². The molecule has 3 aromatic carbocycles. The van der Waals surface area contributed by atoms with Crippen molar-refractivity contribution in [2.75, 3.05) is 0 Å². The number of benzene rings is 3. The van der Waals surface area contributed by atoms with Crippen molar-refractivity contribution in [3.63, 3.8) is 0 Å². The molecule has 0 atom stereocenters. The fraction of sp³-hybridized carbons (Fsp3) is 0.107. The predicted molar refractivity (Wildman–Crippen MR) is 135 cm³/mol. The van der Waals surface area contributed by atoms with Gasteiger partial charge in [-0.1, -0.05) is 29.8 Å². The summed E-state index contributed by atoms with van der Waals surface area (Å²) in [4.78, 5) is 29.2. The van der Waals surface area contributed by atoms with Gasteiger partial charge in [0.25, 0.3) is 12.4 Å². The van der Waals surface area contributed by atoms with Gasteiger partial charge in [0.05, 0.1) is 4.88 Å². The zero-order chi connectivity index (χ0) is 24.7. The highest BCUT2D eigenvalue weighted by atomic mass is 32.1. The lowest BCUT2D eigenvalue weighted by atomic mass is 9.92. The van der Waals surface area contributed by atoms with Crippen molar-refractivity contribution in [2.45, 2.75) is 20.8 Å².